The van der Waals surface area contributed by atoms with Gasteiger partial charge in [0.2, 0.25) is 11.0 Å². The van der Waals surface area contributed by atoms with E-state index in [9.17, 15) is 4.79 Å². The number of carbonyl (C=O) groups excluding carboxylic acids is 1. The van der Waals surface area contributed by atoms with Crippen molar-refractivity contribution in [3.8, 4) is 5.75 Å². The predicted octanol–water partition coefficient (Wildman–Crippen LogP) is 2.48. The number of methoxy groups -OCH3 is 1. The van der Waals surface area contributed by atoms with Crippen molar-refractivity contribution in [3.63, 3.8) is 0 Å². The van der Waals surface area contributed by atoms with Crippen LogP contribution in [0.2, 0.25) is 0 Å². The van der Waals surface area contributed by atoms with Crippen molar-refractivity contribution in [2.45, 2.75) is 25.0 Å². The number of rotatable bonds is 8. The maximum atomic E-state index is 12.0. The van der Waals surface area contributed by atoms with Crippen molar-refractivity contribution < 1.29 is 9.53 Å². The summed E-state index contributed by atoms with van der Waals surface area (Å²) in [6.07, 6.45) is 0.669. The zero-order valence-corrected chi connectivity index (χ0v) is 16.0. The first-order chi connectivity index (χ1) is 12.7. The number of hydrogen-bond acceptors (Lipinski definition) is 8. The predicted molar refractivity (Wildman–Crippen MR) is 101 cm³/mol. The van der Waals surface area contributed by atoms with E-state index in [2.05, 4.69) is 25.7 Å². The number of benzene rings is 1. The first-order valence-corrected chi connectivity index (χ1v) is 9.80. The molecule has 0 saturated heterocycles. The van der Waals surface area contributed by atoms with Gasteiger partial charge >= 0.3 is 0 Å². The van der Waals surface area contributed by atoms with E-state index < -0.39 is 0 Å². The van der Waals surface area contributed by atoms with Gasteiger partial charge < -0.3 is 9.30 Å². The van der Waals surface area contributed by atoms with E-state index >= 15 is 0 Å². The van der Waals surface area contributed by atoms with Gasteiger partial charge in [-0.1, -0.05) is 35.2 Å². The topological polar surface area (TPSA) is 94.8 Å². The molecule has 1 N–H and O–H groups in total. The highest BCUT2D eigenvalue weighted by molar-refractivity contribution is 7.99. The van der Waals surface area contributed by atoms with Gasteiger partial charge in [0.25, 0.3) is 0 Å². The van der Waals surface area contributed by atoms with Gasteiger partial charge in [0.15, 0.2) is 5.16 Å². The maximum absolute atomic E-state index is 12.0. The Morgan fingerprint density at radius 2 is 2.08 bits per heavy atom. The molecule has 0 radical (unpaired) electrons. The van der Waals surface area contributed by atoms with Crippen LogP contribution in [0.5, 0.6) is 5.75 Å². The average Bonchev–Trinajstić information content (AvgIpc) is 3.30. The molecule has 10 heteroatoms. The molecule has 1 aromatic carbocycles. The minimum absolute atomic E-state index is 0.144. The van der Waals surface area contributed by atoms with Crippen molar-refractivity contribution in [2.24, 2.45) is 0 Å². The molecule has 3 rings (SSSR count). The van der Waals surface area contributed by atoms with Gasteiger partial charge in [0, 0.05) is 13.0 Å². The van der Waals surface area contributed by atoms with E-state index in [1.165, 1.54) is 23.1 Å². The minimum Gasteiger partial charge on any atom is -0.497 e. The standard InChI is InChI=1S/C16H18N6O2S2/c1-3-22-13(8-11-4-6-12(24-2)7-5-11)19-21-16(22)25-9-14(23)18-15-20-17-10-26-15/h4-7,10H,3,8-9H2,1-2H3,(H,18,20,23). The molecule has 0 fully saturated rings. The lowest BCUT2D eigenvalue weighted by atomic mass is 10.1. The molecule has 1 amide bonds. The van der Waals surface area contributed by atoms with E-state index in [-0.39, 0.29) is 11.7 Å². The fraction of sp³-hybridized carbons (Fsp3) is 0.312. The Labute approximate surface area is 159 Å². The molecule has 0 atom stereocenters. The highest BCUT2D eigenvalue weighted by atomic mass is 32.2. The molecule has 2 aromatic heterocycles. The van der Waals surface area contributed by atoms with Crippen LogP contribution in [0.15, 0.2) is 34.9 Å². The van der Waals surface area contributed by atoms with Gasteiger partial charge in [-0.3, -0.25) is 10.1 Å². The number of thioether (sulfide) groups is 1. The third kappa shape index (κ3) is 4.58. The quantitative estimate of drug-likeness (QED) is 0.590. The molecular formula is C16H18N6O2S2. The van der Waals surface area contributed by atoms with Crippen molar-refractivity contribution in [2.75, 3.05) is 18.2 Å². The van der Waals surface area contributed by atoms with E-state index in [1.807, 2.05) is 35.8 Å². The summed E-state index contributed by atoms with van der Waals surface area (Å²) in [7, 11) is 1.65. The van der Waals surface area contributed by atoms with Gasteiger partial charge in [-0.05, 0) is 24.6 Å². The number of anilines is 1. The minimum atomic E-state index is -0.144. The summed E-state index contributed by atoms with van der Waals surface area (Å²) in [5.74, 6) is 1.78. The Hall–Kier alpha value is -2.46. The van der Waals surface area contributed by atoms with Crippen molar-refractivity contribution >= 4 is 34.1 Å². The Morgan fingerprint density at radius 1 is 1.27 bits per heavy atom. The third-order valence-corrected chi connectivity index (χ3v) is 5.14. The van der Waals surface area contributed by atoms with Gasteiger partial charge in [-0.15, -0.1) is 20.4 Å². The second-order valence-electron chi connectivity index (χ2n) is 5.25. The lowest BCUT2D eigenvalue weighted by molar-refractivity contribution is -0.113. The smallest absolute Gasteiger partial charge is 0.236 e. The van der Waals surface area contributed by atoms with Crippen LogP contribution < -0.4 is 10.1 Å². The number of amides is 1. The molecule has 0 aliphatic carbocycles. The summed E-state index contributed by atoms with van der Waals surface area (Å²) < 4.78 is 7.20. The first-order valence-electron chi connectivity index (χ1n) is 7.93. The summed E-state index contributed by atoms with van der Waals surface area (Å²) in [6, 6.07) is 7.87. The van der Waals surface area contributed by atoms with Crippen molar-refractivity contribution in [1.29, 1.82) is 0 Å². The lowest BCUT2D eigenvalue weighted by Gasteiger charge is -2.08. The van der Waals surface area contributed by atoms with Gasteiger partial charge in [0.05, 0.1) is 12.9 Å². The number of nitrogens with one attached hydrogen (secondary N) is 1. The Bertz CT molecular complexity index is 848. The van der Waals surface area contributed by atoms with E-state index in [0.29, 0.717) is 11.6 Å². The molecular weight excluding hydrogens is 372 g/mol. The maximum Gasteiger partial charge on any atom is 0.236 e. The van der Waals surface area contributed by atoms with Gasteiger partial charge in [-0.25, -0.2) is 0 Å². The van der Waals surface area contributed by atoms with Gasteiger partial charge in [-0.2, -0.15) is 0 Å². The number of nitrogens with zero attached hydrogens (tertiary/aromatic N) is 5. The van der Waals surface area contributed by atoms with Crippen LogP contribution in [0, 0.1) is 0 Å². The van der Waals surface area contributed by atoms with Crippen molar-refractivity contribution in [1.82, 2.24) is 25.0 Å². The number of aromatic nitrogens is 5. The van der Waals surface area contributed by atoms with E-state index in [4.69, 9.17) is 4.74 Å². The zero-order valence-electron chi connectivity index (χ0n) is 14.4. The zero-order chi connectivity index (χ0) is 18.4. The number of ether oxygens (including phenoxy) is 1. The Morgan fingerprint density at radius 3 is 2.73 bits per heavy atom. The van der Waals surface area contributed by atoms with Gasteiger partial charge in [0.1, 0.15) is 17.1 Å². The molecule has 0 aliphatic rings. The molecule has 3 aromatic rings. The molecule has 0 aliphatic heterocycles. The van der Waals surface area contributed by atoms with Crippen LogP contribution in [0.4, 0.5) is 5.13 Å². The van der Waals surface area contributed by atoms with Crippen molar-refractivity contribution in [3.05, 3.63) is 41.2 Å². The van der Waals surface area contributed by atoms with E-state index in [0.717, 1.165) is 28.8 Å². The van der Waals surface area contributed by atoms with Crippen LogP contribution in [0.25, 0.3) is 0 Å². The molecule has 26 heavy (non-hydrogen) atoms. The van der Waals surface area contributed by atoms with Crippen LogP contribution in [0.1, 0.15) is 18.3 Å². The van der Waals surface area contributed by atoms with Crippen LogP contribution in [-0.4, -0.2) is 43.7 Å². The van der Waals surface area contributed by atoms with Crippen LogP contribution in [0.3, 0.4) is 0 Å². The van der Waals surface area contributed by atoms with Crippen LogP contribution >= 0.6 is 23.1 Å². The second kappa shape index (κ2) is 8.77. The van der Waals surface area contributed by atoms with Crippen LogP contribution in [-0.2, 0) is 17.8 Å². The molecule has 0 bridgehead atoms. The normalized spacial score (nSPS) is 10.7. The number of hydrogen-bond donors (Lipinski definition) is 1. The van der Waals surface area contributed by atoms with E-state index in [1.54, 1.807) is 12.6 Å². The third-order valence-electron chi connectivity index (χ3n) is 3.57. The summed E-state index contributed by atoms with van der Waals surface area (Å²) in [5, 5.41) is 19.9. The molecule has 0 saturated carbocycles. The molecule has 136 valence electrons. The summed E-state index contributed by atoms with van der Waals surface area (Å²) >= 11 is 2.64. The highest BCUT2D eigenvalue weighted by Gasteiger charge is 2.14. The monoisotopic (exact) mass is 390 g/mol. The fourth-order valence-electron chi connectivity index (χ4n) is 2.31. The number of carbonyl (C=O) groups is 1. The summed E-state index contributed by atoms with van der Waals surface area (Å²) in [6.45, 7) is 2.77. The summed E-state index contributed by atoms with van der Waals surface area (Å²) in [4.78, 5) is 12.0. The molecule has 0 unspecified atom stereocenters. The average molecular weight is 390 g/mol. The highest BCUT2D eigenvalue weighted by Crippen LogP contribution is 2.20. The Kier molecular flexibility index (Phi) is 6.18. The summed E-state index contributed by atoms with van der Waals surface area (Å²) in [5.41, 5.74) is 2.69. The largest absolute Gasteiger partial charge is 0.497 e. The SMILES string of the molecule is CCn1c(Cc2ccc(OC)cc2)nnc1SCC(=O)Nc1nncs1. The molecule has 0 spiro atoms. The second-order valence-corrected chi connectivity index (χ2v) is 7.02. The Balaban J connectivity index is 1.62. The fourth-order valence-corrected chi connectivity index (χ4v) is 3.60. The lowest BCUT2D eigenvalue weighted by Crippen LogP contribution is -2.14. The molecule has 2 heterocycles. The first kappa shape index (κ1) is 18.3. The molecule has 8 nitrogen and oxygen atoms in total.